The average molecular weight is 407 g/mol. The van der Waals surface area contributed by atoms with Crippen LogP contribution < -0.4 is 11.1 Å². The summed E-state index contributed by atoms with van der Waals surface area (Å²) in [5, 5.41) is 2.38. The summed E-state index contributed by atoms with van der Waals surface area (Å²) in [7, 11) is 0. The lowest BCUT2D eigenvalue weighted by atomic mass is 10.2. The lowest BCUT2D eigenvalue weighted by Crippen LogP contribution is -2.21. The number of nitrogens with one attached hydrogen (secondary N) is 1. The summed E-state index contributed by atoms with van der Waals surface area (Å²) >= 11 is 11.6. The molecule has 0 aromatic heterocycles. The molecule has 1 amide bonds. The molecule has 0 aliphatic heterocycles. The Kier molecular flexibility index (Phi) is 5.99. The number of nitrogen functional groups attached to an aromatic ring is 1. The summed E-state index contributed by atoms with van der Waals surface area (Å²) < 4.78 is 42.7. The smallest absolute Gasteiger partial charge is 0.416 e. The van der Waals surface area contributed by atoms with Gasteiger partial charge in [-0.25, -0.2) is 4.79 Å². The van der Waals surface area contributed by atoms with Crippen LogP contribution in [0.15, 0.2) is 36.4 Å². The highest BCUT2D eigenvalue weighted by atomic mass is 35.5. The molecule has 0 saturated heterocycles. The fourth-order valence-corrected chi connectivity index (χ4v) is 2.43. The number of hydrogen-bond donors (Lipinski definition) is 2. The Hall–Kier alpha value is -2.45. The van der Waals surface area contributed by atoms with Crippen LogP contribution in [0, 0.1) is 0 Å². The molecule has 0 spiro atoms. The molecule has 2 aromatic rings. The Morgan fingerprint density at radius 2 is 1.85 bits per heavy atom. The van der Waals surface area contributed by atoms with Gasteiger partial charge in [-0.05, 0) is 30.3 Å². The first-order valence-electron chi connectivity index (χ1n) is 6.96. The lowest BCUT2D eigenvalue weighted by Gasteiger charge is -2.11. The quantitative estimate of drug-likeness (QED) is 0.582. The Morgan fingerprint density at radius 3 is 2.50 bits per heavy atom. The zero-order chi connectivity index (χ0) is 19.5. The van der Waals surface area contributed by atoms with Crippen LogP contribution in [-0.2, 0) is 15.7 Å². The number of halogens is 5. The second-order valence-electron chi connectivity index (χ2n) is 5.05. The predicted octanol–water partition coefficient (Wildman–Crippen LogP) is 4.39. The monoisotopic (exact) mass is 406 g/mol. The molecular weight excluding hydrogens is 396 g/mol. The van der Waals surface area contributed by atoms with Gasteiger partial charge in [-0.3, -0.25) is 4.79 Å². The number of carbonyl (C=O) groups is 2. The first kappa shape index (κ1) is 19.9. The summed E-state index contributed by atoms with van der Waals surface area (Å²) in [6.07, 6.45) is -4.55. The number of esters is 1. The highest BCUT2D eigenvalue weighted by molar-refractivity contribution is 6.37. The molecule has 0 bridgehead atoms. The topological polar surface area (TPSA) is 81.4 Å². The van der Waals surface area contributed by atoms with Gasteiger partial charge in [-0.2, -0.15) is 13.2 Å². The molecule has 2 rings (SSSR count). The summed E-state index contributed by atoms with van der Waals surface area (Å²) in [5.41, 5.74) is 4.43. The average Bonchev–Trinajstić information content (AvgIpc) is 2.55. The molecular formula is C16H11Cl2F3N2O3. The first-order chi connectivity index (χ1) is 12.1. The Labute approximate surface area is 155 Å². The number of benzene rings is 2. The minimum atomic E-state index is -4.55. The van der Waals surface area contributed by atoms with Gasteiger partial charge in [0.1, 0.15) is 0 Å². The number of hydrogen-bond acceptors (Lipinski definition) is 4. The fourth-order valence-electron chi connectivity index (χ4n) is 1.93. The highest BCUT2D eigenvalue weighted by Crippen LogP contribution is 2.31. The normalized spacial score (nSPS) is 11.1. The molecule has 0 saturated carbocycles. The summed E-state index contributed by atoms with van der Waals surface area (Å²) in [6.45, 7) is -0.737. The third-order valence-corrected chi connectivity index (χ3v) is 3.65. The van der Waals surface area contributed by atoms with E-state index in [4.69, 9.17) is 33.7 Å². The van der Waals surface area contributed by atoms with Crippen molar-refractivity contribution < 1.29 is 27.5 Å². The van der Waals surface area contributed by atoms with Gasteiger partial charge >= 0.3 is 12.1 Å². The van der Waals surface area contributed by atoms with E-state index >= 15 is 0 Å². The maximum absolute atomic E-state index is 12.6. The van der Waals surface area contributed by atoms with E-state index in [0.717, 1.165) is 18.2 Å². The van der Waals surface area contributed by atoms with Crippen molar-refractivity contribution in [2.75, 3.05) is 17.7 Å². The maximum atomic E-state index is 12.6. The molecule has 3 N–H and O–H groups in total. The van der Waals surface area contributed by atoms with E-state index < -0.39 is 30.2 Å². The maximum Gasteiger partial charge on any atom is 0.416 e. The number of anilines is 2. The number of rotatable bonds is 4. The van der Waals surface area contributed by atoms with Crippen LogP contribution in [0.3, 0.4) is 0 Å². The van der Waals surface area contributed by atoms with Crippen molar-refractivity contribution >= 4 is 46.5 Å². The van der Waals surface area contributed by atoms with Crippen LogP contribution in [0.4, 0.5) is 24.5 Å². The number of ether oxygens (including phenoxy) is 1. The van der Waals surface area contributed by atoms with Gasteiger partial charge in [0.05, 0.1) is 21.8 Å². The summed E-state index contributed by atoms with van der Waals surface area (Å²) in [5.74, 6) is -1.78. The van der Waals surface area contributed by atoms with E-state index in [2.05, 4.69) is 5.32 Å². The van der Waals surface area contributed by atoms with Crippen LogP contribution in [0.5, 0.6) is 0 Å². The molecule has 0 atom stereocenters. The van der Waals surface area contributed by atoms with Crippen molar-refractivity contribution in [2.24, 2.45) is 0 Å². The molecule has 138 valence electrons. The third kappa shape index (κ3) is 5.03. The van der Waals surface area contributed by atoms with Crippen molar-refractivity contribution in [3.63, 3.8) is 0 Å². The molecule has 2 aromatic carbocycles. The van der Waals surface area contributed by atoms with Gasteiger partial charge in [0, 0.05) is 10.7 Å². The highest BCUT2D eigenvalue weighted by Gasteiger charge is 2.30. The minimum absolute atomic E-state index is 0.0397. The van der Waals surface area contributed by atoms with Crippen LogP contribution >= 0.6 is 23.2 Å². The Morgan fingerprint density at radius 1 is 1.15 bits per heavy atom. The summed E-state index contributed by atoms with van der Waals surface area (Å²) in [6, 6.07) is 6.57. The zero-order valence-electron chi connectivity index (χ0n) is 12.9. The van der Waals surface area contributed by atoms with E-state index in [1.54, 1.807) is 0 Å². The van der Waals surface area contributed by atoms with Gasteiger partial charge in [0.25, 0.3) is 5.91 Å². The molecule has 0 radical (unpaired) electrons. The van der Waals surface area contributed by atoms with E-state index in [1.165, 1.54) is 18.2 Å². The van der Waals surface area contributed by atoms with Crippen LogP contribution in [-0.4, -0.2) is 18.5 Å². The van der Waals surface area contributed by atoms with Crippen molar-refractivity contribution in [1.82, 2.24) is 0 Å². The van der Waals surface area contributed by atoms with Crippen molar-refractivity contribution in [3.05, 3.63) is 57.6 Å². The lowest BCUT2D eigenvalue weighted by molar-refractivity contribution is -0.137. The van der Waals surface area contributed by atoms with Gasteiger partial charge in [0.15, 0.2) is 6.61 Å². The Bertz CT molecular complexity index is 857. The standard InChI is InChI=1S/C16H11Cl2F3N2O3/c17-9-5-11(14(22)12(18)6-9)15(25)26-7-13(24)23-10-3-1-2-8(4-10)16(19,20)21/h1-6H,7,22H2,(H,23,24). The molecule has 0 unspecified atom stereocenters. The van der Waals surface area contributed by atoms with E-state index in [0.29, 0.717) is 0 Å². The first-order valence-corrected chi connectivity index (χ1v) is 7.72. The van der Waals surface area contributed by atoms with Crippen molar-refractivity contribution in [1.29, 1.82) is 0 Å². The van der Waals surface area contributed by atoms with Crippen LogP contribution in [0.25, 0.3) is 0 Å². The van der Waals surface area contributed by atoms with Crippen molar-refractivity contribution in [2.45, 2.75) is 6.18 Å². The number of carbonyl (C=O) groups excluding carboxylic acids is 2. The second-order valence-corrected chi connectivity index (χ2v) is 5.90. The predicted molar refractivity (Wildman–Crippen MR) is 91.2 cm³/mol. The fraction of sp³-hybridized carbons (Fsp3) is 0.125. The number of alkyl halides is 3. The molecule has 26 heavy (non-hydrogen) atoms. The van der Waals surface area contributed by atoms with Gasteiger partial charge in [0.2, 0.25) is 0 Å². The SMILES string of the molecule is Nc1c(Cl)cc(Cl)cc1C(=O)OCC(=O)Nc1cccc(C(F)(F)F)c1. The second kappa shape index (κ2) is 7.84. The van der Waals surface area contributed by atoms with Gasteiger partial charge in [-0.1, -0.05) is 29.3 Å². The summed E-state index contributed by atoms with van der Waals surface area (Å²) in [4.78, 5) is 23.7. The third-order valence-electron chi connectivity index (χ3n) is 3.12. The van der Waals surface area contributed by atoms with Gasteiger partial charge < -0.3 is 15.8 Å². The molecule has 0 heterocycles. The molecule has 10 heteroatoms. The van der Waals surface area contributed by atoms with E-state index in [-0.39, 0.29) is 27.0 Å². The number of amides is 1. The van der Waals surface area contributed by atoms with E-state index in [1.807, 2.05) is 0 Å². The molecule has 0 aliphatic carbocycles. The zero-order valence-corrected chi connectivity index (χ0v) is 14.4. The van der Waals surface area contributed by atoms with Gasteiger partial charge in [-0.15, -0.1) is 0 Å². The van der Waals surface area contributed by atoms with Crippen molar-refractivity contribution in [3.8, 4) is 0 Å². The van der Waals surface area contributed by atoms with Crippen LogP contribution in [0.1, 0.15) is 15.9 Å². The largest absolute Gasteiger partial charge is 0.452 e. The van der Waals surface area contributed by atoms with E-state index in [9.17, 15) is 22.8 Å². The Balaban J connectivity index is 2.00. The molecule has 5 nitrogen and oxygen atoms in total. The molecule has 0 aliphatic rings. The number of nitrogens with two attached hydrogens (primary N) is 1. The molecule has 0 fully saturated rings. The van der Waals surface area contributed by atoms with Crippen LogP contribution in [0.2, 0.25) is 10.0 Å². The minimum Gasteiger partial charge on any atom is -0.452 e.